The minimum atomic E-state index is -1.43. The molecule has 0 radical (unpaired) electrons. The molecule has 0 aromatic heterocycles. The van der Waals surface area contributed by atoms with E-state index in [9.17, 15) is 24.0 Å². The fourth-order valence-corrected chi connectivity index (χ4v) is 4.77. The lowest BCUT2D eigenvalue weighted by atomic mass is 9.98. The highest BCUT2D eigenvalue weighted by Crippen LogP contribution is 2.25. The van der Waals surface area contributed by atoms with Gasteiger partial charge in [-0.1, -0.05) is 77.6 Å². The van der Waals surface area contributed by atoms with Crippen LogP contribution in [0.25, 0.3) is 0 Å². The Kier molecular flexibility index (Phi) is 20.4. The molecule has 0 rings (SSSR count). The Morgan fingerprint density at radius 2 is 0.978 bits per heavy atom. The highest BCUT2D eigenvalue weighted by atomic mass is 16.6. The van der Waals surface area contributed by atoms with E-state index in [-0.39, 0.29) is 6.42 Å². The zero-order valence-electron chi connectivity index (χ0n) is 29.7. The van der Waals surface area contributed by atoms with E-state index in [0.717, 1.165) is 32.6 Å². The topological polar surface area (TPSA) is 135 Å². The van der Waals surface area contributed by atoms with Gasteiger partial charge in [-0.05, 0) is 54.4 Å². The van der Waals surface area contributed by atoms with E-state index in [1.165, 1.54) is 58.8 Å². The van der Waals surface area contributed by atoms with Crippen molar-refractivity contribution in [2.45, 2.75) is 182 Å². The van der Waals surface area contributed by atoms with Gasteiger partial charge in [0.15, 0.2) is 6.10 Å². The number of carbonyl (C=O) groups is 5. The molecule has 0 aromatic rings. The van der Waals surface area contributed by atoms with Gasteiger partial charge in [0, 0.05) is 20.8 Å². The fraction of sp³-hybridized carbons (Fsp3) is 0.853. The Morgan fingerprint density at radius 1 is 0.578 bits per heavy atom. The van der Waals surface area contributed by atoms with Gasteiger partial charge in [0.2, 0.25) is 0 Å². The molecule has 0 aliphatic carbocycles. The number of nitrogens with zero attached hydrogens (tertiary/aromatic N) is 1. The maximum absolute atomic E-state index is 13.5. The van der Waals surface area contributed by atoms with Crippen molar-refractivity contribution in [3.63, 3.8) is 0 Å². The van der Waals surface area contributed by atoms with Crippen molar-refractivity contribution >= 4 is 30.1 Å². The zero-order valence-corrected chi connectivity index (χ0v) is 29.7. The van der Waals surface area contributed by atoms with Gasteiger partial charge in [0.05, 0.1) is 0 Å². The van der Waals surface area contributed by atoms with Crippen LogP contribution in [0.1, 0.15) is 153 Å². The molecule has 11 heteroatoms. The first-order chi connectivity index (χ1) is 20.9. The molecule has 262 valence electrons. The normalized spacial score (nSPS) is 13.6. The minimum absolute atomic E-state index is 0.280. The number of amides is 2. The van der Waals surface area contributed by atoms with Crippen molar-refractivity contribution in [1.29, 1.82) is 0 Å². The Labute approximate surface area is 271 Å². The lowest BCUT2D eigenvalue weighted by molar-refractivity contribution is -0.174. The molecule has 11 nitrogen and oxygen atoms in total. The third kappa shape index (κ3) is 21.5. The molecule has 0 N–H and O–H groups in total. The maximum atomic E-state index is 13.5. The summed E-state index contributed by atoms with van der Waals surface area (Å²) in [7, 11) is 0. The van der Waals surface area contributed by atoms with Crippen LogP contribution in [0.15, 0.2) is 0 Å². The Balaban J connectivity index is 6.01. The molecule has 3 atom stereocenters. The summed E-state index contributed by atoms with van der Waals surface area (Å²) in [6.45, 7) is 15.0. The van der Waals surface area contributed by atoms with E-state index in [4.69, 9.17) is 23.7 Å². The van der Waals surface area contributed by atoms with Gasteiger partial charge in [-0.2, -0.15) is 0 Å². The van der Waals surface area contributed by atoms with E-state index < -0.39 is 66.2 Å². The van der Waals surface area contributed by atoms with Gasteiger partial charge in [0.1, 0.15) is 30.0 Å². The van der Waals surface area contributed by atoms with Gasteiger partial charge in [-0.25, -0.2) is 14.5 Å². The van der Waals surface area contributed by atoms with Crippen molar-refractivity contribution in [3.8, 4) is 0 Å². The predicted molar refractivity (Wildman–Crippen MR) is 172 cm³/mol. The largest absolute Gasteiger partial charge is 0.464 e. The number of ether oxygens (including phenoxy) is 5. The molecule has 0 fully saturated rings. The van der Waals surface area contributed by atoms with Crippen LogP contribution in [0, 0.1) is 0 Å². The molecule has 0 unspecified atom stereocenters. The number of rotatable bonds is 20. The average Bonchev–Trinajstić information content (AvgIpc) is 2.87. The smallest absolute Gasteiger partial charge is 0.420 e. The second kappa shape index (κ2) is 21.8. The Bertz CT molecular complexity index is 878. The van der Waals surface area contributed by atoms with Crippen molar-refractivity contribution in [1.82, 2.24) is 4.90 Å². The maximum Gasteiger partial charge on any atom is 0.420 e. The predicted octanol–water partition coefficient (Wildman–Crippen LogP) is 8.04. The lowest BCUT2D eigenvalue weighted by Crippen LogP contribution is -2.59. The summed E-state index contributed by atoms with van der Waals surface area (Å²) in [4.78, 5) is 64.1. The Morgan fingerprint density at radius 3 is 1.33 bits per heavy atom. The highest BCUT2D eigenvalue weighted by molar-refractivity contribution is 5.89. The molecule has 0 bridgehead atoms. The van der Waals surface area contributed by atoms with E-state index in [2.05, 4.69) is 6.92 Å². The van der Waals surface area contributed by atoms with Gasteiger partial charge in [-0.15, -0.1) is 0 Å². The Hall–Kier alpha value is -2.85. The van der Waals surface area contributed by atoms with E-state index in [1.54, 1.807) is 41.5 Å². The average molecular weight is 644 g/mol. The van der Waals surface area contributed by atoms with Gasteiger partial charge in [0.25, 0.3) is 0 Å². The molecule has 0 heterocycles. The van der Waals surface area contributed by atoms with Crippen LogP contribution < -0.4 is 0 Å². The van der Waals surface area contributed by atoms with Crippen LogP contribution in [0.4, 0.5) is 9.59 Å². The number of esters is 3. The van der Waals surface area contributed by atoms with Crippen molar-refractivity contribution in [3.05, 3.63) is 0 Å². The summed E-state index contributed by atoms with van der Waals surface area (Å²) in [5.41, 5.74) is -2.02. The van der Waals surface area contributed by atoms with E-state index in [0.29, 0.717) is 11.3 Å². The van der Waals surface area contributed by atoms with Crippen LogP contribution in [0.2, 0.25) is 0 Å². The summed E-state index contributed by atoms with van der Waals surface area (Å²) in [6, 6.07) is -1.43. The summed E-state index contributed by atoms with van der Waals surface area (Å²) >= 11 is 0. The molecule has 0 spiro atoms. The summed E-state index contributed by atoms with van der Waals surface area (Å²) < 4.78 is 27.5. The molecule has 0 aliphatic heterocycles. The molecule has 2 amide bonds. The van der Waals surface area contributed by atoms with Gasteiger partial charge < -0.3 is 23.7 Å². The summed E-state index contributed by atoms with van der Waals surface area (Å²) in [5.74, 6) is -2.07. The van der Waals surface area contributed by atoms with Gasteiger partial charge >= 0.3 is 30.1 Å². The summed E-state index contributed by atoms with van der Waals surface area (Å²) in [5, 5.41) is 0. The standard InChI is InChI=1S/C34H61NO10/c1-11-12-13-14-15-16-17-18-19-20-21-22-23-29(42-26(3)37)30(43-27(4)38)28(24-41-25(2)36)35(31(39)44-33(5,6)7)32(40)45-34(8,9)10/h28-30H,11-24H2,1-10H3/t28-,29+,30-/m0/s1. The SMILES string of the molecule is CCCCCCCCCCCCCC[C@@H](OC(C)=O)[C@@H](OC(C)=O)[C@H](COC(C)=O)N(C(=O)OC(C)(C)C)C(=O)OC(C)(C)C. The summed E-state index contributed by atoms with van der Waals surface area (Å²) in [6.07, 6.45) is 9.24. The first kappa shape index (κ1) is 42.1. The number of carbonyl (C=O) groups excluding carboxylic acids is 5. The molecular weight excluding hydrogens is 582 g/mol. The lowest BCUT2D eigenvalue weighted by Gasteiger charge is -2.38. The number of hydrogen-bond acceptors (Lipinski definition) is 10. The van der Waals surface area contributed by atoms with Gasteiger partial charge in [-0.3, -0.25) is 14.4 Å². The van der Waals surface area contributed by atoms with E-state index >= 15 is 0 Å². The van der Waals surface area contributed by atoms with Crippen LogP contribution in [-0.4, -0.2) is 71.1 Å². The monoisotopic (exact) mass is 643 g/mol. The third-order valence-corrected chi connectivity index (χ3v) is 6.68. The molecule has 0 aliphatic rings. The molecule has 0 saturated heterocycles. The second-order valence-electron chi connectivity index (χ2n) is 13.6. The van der Waals surface area contributed by atoms with E-state index in [1.807, 2.05) is 0 Å². The van der Waals surface area contributed by atoms with Crippen LogP contribution in [-0.2, 0) is 38.1 Å². The van der Waals surface area contributed by atoms with Crippen LogP contribution >= 0.6 is 0 Å². The van der Waals surface area contributed by atoms with Crippen molar-refractivity contribution in [2.24, 2.45) is 0 Å². The zero-order chi connectivity index (χ0) is 34.6. The first-order valence-corrected chi connectivity index (χ1v) is 16.6. The quantitative estimate of drug-likeness (QED) is 0.0728. The molecule has 0 aromatic carbocycles. The molecular formula is C34H61NO10. The fourth-order valence-electron chi connectivity index (χ4n) is 4.77. The molecule has 0 saturated carbocycles. The minimum Gasteiger partial charge on any atom is -0.464 e. The number of unbranched alkanes of at least 4 members (excludes halogenated alkanes) is 11. The molecule has 45 heavy (non-hydrogen) atoms. The number of hydrogen-bond donors (Lipinski definition) is 0. The first-order valence-electron chi connectivity index (χ1n) is 16.6. The van der Waals surface area contributed by atoms with Crippen molar-refractivity contribution < 1.29 is 47.7 Å². The second-order valence-corrected chi connectivity index (χ2v) is 13.6. The number of imide groups is 1. The van der Waals surface area contributed by atoms with Crippen LogP contribution in [0.5, 0.6) is 0 Å². The van der Waals surface area contributed by atoms with Crippen molar-refractivity contribution in [2.75, 3.05) is 6.61 Å². The van der Waals surface area contributed by atoms with Crippen LogP contribution in [0.3, 0.4) is 0 Å². The third-order valence-electron chi connectivity index (χ3n) is 6.68. The highest BCUT2D eigenvalue weighted by Gasteiger charge is 2.46.